The van der Waals surface area contributed by atoms with Crippen LogP contribution in [0.5, 0.6) is 11.5 Å². The van der Waals surface area contributed by atoms with Gasteiger partial charge in [-0.05, 0) is 68.9 Å². The van der Waals surface area contributed by atoms with E-state index in [1.54, 1.807) is 4.90 Å². The first-order valence-corrected chi connectivity index (χ1v) is 16.8. The molecule has 3 aromatic rings. The molecule has 0 amide bonds. The van der Waals surface area contributed by atoms with Crippen molar-refractivity contribution in [2.24, 2.45) is 5.41 Å². The number of ether oxygens (including phenoxy) is 1. The molecule has 0 unspecified atom stereocenters. The maximum Gasteiger partial charge on any atom is 0.422 e. The summed E-state index contributed by atoms with van der Waals surface area (Å²) >= 11 is 0. The lowest BCUT2D eigenvalue weighted by Gasteiger charge is -2.49. The van der Waals surface area contributed by atoms with E-state index in [2.05, 4.69) is 21.8 Å². The number of rotatable bonds is 7. The van der Waals surface area contributed by atoms with Gasteiger partial charge in [0.2, 0.25) is 0 Å². The second kappa shape index (κ2) is 14.2. The molecule has 0 bridgehead atoms. The van der Waals surface area contributed by atoms with Crippen molar-refractivity contribution in [1.82, 2.24) is 14.9 Å². The largest absolute Gasteiger partial charge is 0.458 e. The second-order valence-corrected chi connectivity index (χ2v) is 13.6. The number of benzene rings is 2. The predicted octanol–water partition coefficient (Wildman–Crippen LogP) is 2.27. The monoisotopic (exact) mass is 695 g/mol. The van der Waals surface area contributed by atoms with E-state index in [9.17, 15) is 8.78 Å². The van der Waals surface area contributed by atoms with Crippen LogP contribution in [0, 0.1) is 5.41 Å². The lowest BCUT2D eigenvalue weighted by Crippen LogP contribution is -2.54. The topological polar surface area (TPSA) is 44.7 Å². The number of anilines is 2. The van der Waals surface area contributed by atoms with Crippen LogP contribution in [0.2, 0.25) is 0 Å². The normalized spacial score (nSPS) is 19.5. The van der Waals surface area contributed by atoms with Gasteiger partial charge in [0.15, 0.2) is 5.83 Å². The fraction of sp³-hybridized carbons (Fsp3) is 0.471. The maximum absolute atomic E-state index is 16.1. The number of nitrogens with zero attached hydrogens (tertiary/aromatic N) is 5. The zero-order valence-corrected chi connectivity index (χ0v) is 28.2. The number of likely N-dealkylation sites (tertiary alicyclic amines) is 1. The third-order valence-corrected chi connectivity index (χ3v) is 10.3. The van der Waals surface area contributed by atoms with Crippen molar-refractivity contribution in [3.63, 3.8) is 0 Å². The van der Waals surface area contributed by atoms with E-state index in [-0.39, 0.29) is 68.6 Å². The molecule has 2 aromatic carbocycles. The third kappa shape index (κ3) is 7.55. The average Bonchev–Trinajstić information content (AvgIpc) is 3.48. The average molecular weight is 695 g/mol. The van der Waals surface area contributed by atoms with Crippen LogP contribution in [-0.4, -0.2) is 106 Å². The van der Waals surface area contributed by atoms with E-state index in [1.165, 1.54) is 17.2 Å². The molecule has 6 rings (SSSR count). The van der Waals surface area contributed by atoms with Gasteiger partial charge >= 0.3 is 6.18 Å². The van der Waals surface area contributed by atoms with E-state index in [1.807, 2.05) is 0 Å². The smallest absolute Gasteiger partial charge is 0.422 e. The van der Waals surface area contributed by atoms with Crippen LogP contribution in [0.15, 0.2) is 24.5 Å². The molecule has 3 aliphatic rings. The van der Waals surface area contributed by atoms with Gasteiger partial charge in [0.25, 0.3) is 5.92 Å². The molecule has 0 aliphatic carbocycles. The van der Waals surface area contributed by atoms with Crippen LogP contribution in [0.25, 0.3) is 11.9 Å². The van der Waals surface area contributed by atoms with Gasteiger partial charge in [-0.2, -0.15) is 13.2 Å². The molecule has 0 saturated carbocycles. The van der Waals surface area contributed by atoms with Gasteiger partial charge in [0.05, 0.1) is 24.6 Å². The van der Waals surface area contributed by atoms with Gasteiger partial charge in [0, 0.05) is 31.6 Å². The van der Waals surface area contributed by atoms with Crippen molar-refractivity contribution in [3.05, 3.63) is 41.3 Å². The fourth-order valence-electron chi connectivity index (χ4n) is 7.37. The highest BCUT2D eigenvalue weighted by atomic mass is 19.4. The van der Waals surface area contributed by atoms with E-state index in [0.717, 1.165) is 57.2 Å². The fourth-order valence-corrected chi connectivity index (χ4v) is 7.37. The molecule has 6 nitrogen and oxygen atoms in total. The molecule has 3 aliphatic heterocycles. The van der Waals surface area contributed by atoms with Gasteiger partial charge in [-0.3, -0.25) is 4.98 Å². The minimum absolute atomic E-state index is 0.00984. The number of hydrogen-bond donors (Lipinski definition) is 0. The number of piperidine rings is 2. The first-order chi connectivity index (χ1) is 24.0. The quantitative estimate of drug-likeness (QED) is 0.280. The minimum atomic E-state index is -5.02. The van der Waals surface area contributed by atoms with Crippen molar-refractivity contribution in [2.75, 3.05) is 55.6 Å². The van der Waals surface area contributed by atoms with Crippen LogP contribution < -0.4 is 41.9 Å². The lowest BCUT2D eigenvalue weighted by atomic mass is 9.62. The third-order valence-electron chi connectivity index (χ3n) is 10.3. The molecule has 0 N–H and O–H groups in total. The Kier molecular flexibility index (Phi) is 10.4. The SMILES string of the molecule is [B]c1c([B])c([B])c(Oc2ccc(/C=C(\F)c3cncc(N4CCC(F)(F)C4)n3)c(N3CCCC4(CCN(CC)CC4)C3)c2C(F)(F)F)c([B])c1[B]. The number of hydrogen-bond acceptors (Lipinski definition) is 6. The Hall–Kier alpha value is -3.48. The van der Waals surface area contributed by atoms with E-state index < -0.39 is 48.0 Å². The lowest BCUT2D eigenvalue weighted by molar-refractivity contribution is -0.138. The van der Waals surface area contributed by atoms with Crippen LogP contribution >= 0.6 is 0 Å². The Morgan fingerprint density at radius 2 is 1.53 bits per heavy atom. The van der Waals surface area contributed by atoms with Crippen molar-refractivity contribution in [2.45, 2.75) is 51.1 Å². The molecule has 256 valence electrons. The highest BCUT2D eigenvalue weighted by Gasteiger charge is 2.44. The van der Waals surface area contributed by atoms with Crippen molar-refractivity contribution >= 4 is 90.0 Å². The summed E-state index contributed by atoms with van der Waals surface area (Å²) in [5.74, 6) is -4.96. The number of alkyl halides is 5. The Bertz CT molecular complexity index is 1810. The summed E-state index contributed by atoms with van der Waals surface area (Å²) in [7, 11) is 30.0. The molecule has 1 spiro atoms. The minimum Gasteiger partial charge on any atom is -0.458 e. The van der Waals surface area contributed by atoms with Gasteiger partial charge in [0.1, 0.15) is 67.8 Å². The van der Waals surface area contributed by atoms with Gasteiger partial charge in [-0.15, -0.1) is 16.4 Å². The molecule has 4 heterocycles. The molecule has 3 fully saturated rings. The summed E-state index contributed by atoms with van der Waals surface area (Å²) in [6, 6.07) is 2.34. The summed E-state index contributed by atoms with van der Waals surface area (Å²) in [4.78, 5) is 13.4. The Morgan fingerprint density at radius 1 is 0.863 bits per heavy atom. The molecule has 3 saturated heterocycles. The van der Waals surface area contributed by atoms with Crippen LogP contribution in [0.4, 0.5) is 37.8 Å². The number of aromatic nitrogens is 2. The molecular weight excluding hydrogens is 662 g/mol. The Balaban J connectivity index is 1.48. The standard InChI is InChI=1S/C34H32B5F6N5O/c1-2-48-11-7-32(8-12-48)6-3-10-50(17-32)30-19(14-20(40)21-15-46-16-23(47-21)49-13-9-33(41,42)18-49)4-5-22(24(30)34(43,44)45)51-31-28(38)26(36)25(35)27(37)29(31)39/h4-5,14-16H,2-3,6-13,17-18H2,1H3/b20-14-. The summed E-state index contributed by atoms with van der Waals surface area (Å²) in [6.45, 7) is 4.52. The number of halogens is 6. The second-order valence-electron chi connectivity index (χ2n) is 13.6. The first kappa shape index (κ1) is 37.3. The highest BCUT2D eigenvalue weighted by Crippen LogP contribution is 2.49. The molecule has 10 radical (unpaired) electrons. The molecule has 51 heavy (non-hydrogen) atoms. The molecule has 0 atom stereocenters. The van der Waals surface area contributed by atoms with Gasteiger partial charge in [-0.1, -0.05) is 17.8 Å². The van der Waals surface area contributed by atoms with E-state index in [4.69, 9.17) is 44.0 Å². The summed E-state index contributed by atoms with van der Waals surface area (Å²) < 4.78 is 95.9. The summed E-state index contributed by atoms with van der Waals surface area (Å²) in [6.07, 6.45) is 0.904. The van der Waals surface area contributed by atoms with Crippen LogP contribution in [0.3, 0.4) is 0 Å². The maximum atomic E-state index is 16.1. The van der Waals surface area contributed by atoms with Gasteiger partial charge in [-0.25, -0.2) is 18.2 Å². The van der Waals surface area contributed by atoms with Crippen molar-refractivity contribution in [1.29, 1.82) is 0 Å². The Labute approximate surface area is 300 Å². The first-order valence-electron chi connectivity index (χ1n) is 16.8. The predicted molar refractivity (Wildman–Crippen MR) is 193 cm³/mol. The zero-order chi connectivity index (χ0) is 36.9. The van der Waals surface area contributed by atoms with Crippen molar-refractivity contribution < 1.29 is 31.1 Å². The van der Waals surface area contributed by atoms with E-state index in [0.29, 0.717) is 13.0 Å². The summed E-state index contributed by atoms with van der Waals surface area (Å²) in [5, 5.41) is 0. The summed E-state index contributed by atoms with van der Waals surface area (Å²) in [5.41, 5.74) is -3.30. The highest BCUT2D eigenvalue weighted by molar-refractivity contribution is 6.67. The molecule has 17 heteroatoms. The van der Waals surface area contributed by atoms with Crippen LogP contribution in [-0.2, 0) is 6.18 Å². The van der Waals surface area contributed by atoms with E-state index >= 15 is 17.6 Å². The zero-order valence-electron chi connectivity index (χ0n) is 28.2. The Morgan fingerprint density at radius 3 is 2.14 bits per heavy atom. The van der Waals surface area contributed by atoms with Crippen molar-refractivity contribution in [3.8, 4) is 11.5 Å². The van der Waals surface area contributed by atoms with Crippen LogP contribution in [0.1, 0.15) is 55.8 Å². The van der Waals surface area contributed by atoms with Gasteiger partial charge < -0.3 is 19.4 Å². The molecular formula is C34H32B5F6N5O. The molecule has 1 aromatic heterocycles.